The second kappa shape index (κ2) is 9.82. The summed E-state index contributed by atoms with van der Waals surface area (Å²) in [5, 5.41) is 22.5. The average molecular weight is 600 g/mol. The number of fused-ring (bicyclic) bond motifs is 7. The van der Waals surface area contributed by atoms with E-state index in [1.807, 2.05) is 39.2 Å². The number of carboxylic acid groups (broad SMARTS) is 1. The molecular weight excluding hydrogens is 560 g/mol. The molecule has 2 aromatic carbocycles. The molecule has 4 fully saturated rings. The molecule has 6 aliphatic rings. The summed E-state index contributed by atoms with van der Waals surface area (Å²) in [6.45, 7) is 10.8. The molecule has 4 saturated heterocycles. The summed E-state index contributed by atoms with van der Waals surface area (Å²) in [6, 6.07) is 11.1. The molecule has 10 nitrogen and oxygen atoms in total. The summed E-state index contributed by atoms with van der Waals surface area (Å²) in [6.07, 6.45) is -0.887. The van der Waals surface area contributed by atoms with Gasteiger partial charge in [-0.2, -0.15) is 0 Å². The molecule has 5 aliphatic heterocycles. The Balaban J connectivity index is 1.15. The van der Waals surface area contributed by atoms with E-state index in [1.54, 1.807) is 24.0 Å². The van der Waals surface area contributed by atoms with Gasteiger partial charge in [-0.1, -0.05) is 25.1 Å². The van der Waals surface area contributed by atoms with E-state index < -0.39 is 29.9 Å². The van der Waals surface area contributed by atoms with Gasteiger partial charge >= 0.3 is 0 Å². The predicted molar refractivity (Wildman–Crippen MR) is 159 cm³/mol. The number of quaternary nitrogens is 2. The number of aliphatic hydroxyl groups excluding tert-OH is 1. The van der Waals surface area contributed by atoms with Crippen LogP contribution >= 0.6 is 0 Å². The van der Waals surface area contributed by atoms with E-state index in [1.165, 1.54) is 4.90 Å². The monoisotopic (exact) mass is 599 g/mol. The third kappa shape index (κ3) is 4.11. The zero-order valence-electron chi connectivity index (χ0n) is 25.7. The first-order chi connectivity index (χ1) is 20.9. The molecule has 0 spiro atoms. The van der Waals surface area contributed by atoms with Crippen molar-refractivity contribution in [2.45, 2.75) is 32.5 Å². The van der Waals surface area contributed by atoms with Crippen LogP contribution in [0.15, 0.2) is 42.1 Å². The molecule has 4 atom stereocenters. The van der Waals surface area contributed by atoms with Gasteiger partial charge in [-0.15, -0.1) is 0 Å². The topological polar surface area (TPSA) is 118 Å². The van der Waals surface area contributed by atoms with Crippen molar-refractivity contribution in [1.82, 2.24) is 9.80 Å². The molecule has 5 heterocycles. The first kappa shape index (κ1) is 28.9. The van der Waals surface area contributed by atoms with Gasteiger partial charge in [0.1, 0.15) is 45.8 Å². The van der Waals surface area contributed by atoms with Gasteiger partial charge in [-0.05, 0) is 47.4 Å². The van der Waals surface area contributed by atoms with E-state index in [9.17, 15) is 29.4 Å². The third-order valence-corrected chi connectivity index (χ3v) is 11.2. The lowest BCUT2D eigenvalue weighted by Crippen LogP contribution is -2.75. The van der Waals surface area contributed by atoms with Crippen LogP contribution in [-0.4, -0.2) is 119 Å². The molecule has 1 N–H and O–H groups in total. The quantitative estimate of drug-likeness (QED) is 0.312. The van der Waals surface area contributed by atoms with Crippen molar-refractivity contribution in [1.29, 1.82) is 0 Å². The maximum absolute atomic E-state index is 13.6. The second-order valence-corrected chi connectivity index (χ2v) is 13.9. The first-order valence-electron chi connectivity index (χ1n) is 15.5. The predicted octanol–water partition coefficient (Wildman–Crippen LogP) is 0.466. The largest absolute Gasteiger partial charge is 0.543 e. The van der Waals surface area contributed by atoms with Gasteiger partial charge in [-0.25, -0.2) is 0 Å². The number of carbonyl (C=O) groups is 4. The average Bonchev–Trinajstić information content (AvgIpc) is 3.41. The standard InChI is InChI=1S/C34H39N4O6/c1-19-28(31(34(43)44)36-30(19)29(20(2)39)33(36)42)22-6-8-24-25(16-22)23-7-5-21(15-26(23)32(24)41)17-37-9-12-38(13-10-37,14-11-37)18-27(40)35(3)4/h5-8,15-16,19-20,29-30,39H,9-14,17-18H2,1-4H3/q+1/t19-,20+,29+,30+,37?,38?/m0/s1. The number of amides is 2. The van der Waals surface area contributed by atoms with Crippen LogP contribution in [-0.2, 0) is 20.9 Å². The minimum atomic E-state index is -1.42. The molecular formula is C34H39N4O6+. The van der Waals surface area contributed by atoms with E-state index >= 15 is 0 Å². The fourth-order valence-corrected chi connectivity index (χ4v) is 8.57. The highest BCUT2D eigenvalue weighted by Gasteiger charge is 2.58. The Morgan fingerprint density at radius 3 is 2.20 bits per heavy atom. The molecule has 230 valence electrons. The number of carbonyl (C=O) groups excluding carboxylic acids is 4. The Bertz CT molecular complexity index is 1650. The lowest BCUT2D eigenvalue weighted by atomic mass is 9.76. The molecule has 0 unspecified atom stereocenters. The maximum atomic E-state index is 13.6. The number of piperazine rings is 3. The molecule has 2 bridgehead atoms. The molecule has 0 aromatic heterocycles. The number of nitrogens with zero attached hydrogens (tertiary/aromatic N) is 4. The Kier molecular flexibility index (Phi) is 6.45. The fraction of sp³-hybridized carbons (Fsp3) is 0.471. The van der Waals surface area contributed by atoms with Crippen molar-refractivity contribution in [3.63, 3.8) is 0 Å². The molecule has 10 heteroatoms. The molecule has 8 rings (SSSR count). The molecule has 0 radical (unpaired) electrons. The number of β-lactam (4-membered cyclic amide) rings is 1. The van der Waals surface area contributed by atoms with Crippen LogP contribution in [0.5, 0.6) is 0 Å². The van der Waals surface area contributed by atoms with E-state index in [2.05, 4.69) is 6.07 Å². The summed E-state index contributed by atoms with van der Waals surface area (Å²) >= 11 is 0. The second-order valence-electron chi connectivity index (χ2n) is 13.9. The highest BCUT2D eigenvalue weighted by Crippen LogP contribution is 2.51. The zero-order chi connectivity index (χ0) is 31.3. The van der Waals surface area contributed by atoms with E-state index in [4.69, 9.17) is 0 Å². The van der Waals surface area contributed by atoms with Gasteiger partial charge in [0.05, 0.1) is 29.7 Å². The van der Waals surface area contributed by atoms with Crippen LogP contribution in [0, 0.1) is 11.8 Å². The summed E-state index contributed by atoms with van der Waals surface area (Å²) in [5.74, 6) is -2.66. The number of rotatable bonds is 7. The number of carboxylic acids is 1. The summed E-state index contributed by atoms with van der Waals surface area (Å²) < 4.78 is 1.85. The highest BCUT2D eigenvalue weighted by atomic mass is 16.4. The van der Waals surface area contributed by atoms with Crippen molar-refractivity contribution >= 4 is 29.1 Å². The van der Waals surface area contributed by atoms with Crippen molar-refractivity contribution in [2.75, 3.05) is 59.9 Å². The van der Waals surface area contributed by atoms with Crippen molar-refractivity contribution in [2.24, 2.45) is 11.8 Å². The number of ketones is 1. The highest BCUT2D eigenvalue weighted by molar-refractivity contribution is 6.22. The number of benzene rings is 2. The van der Waals surface area contributed by atoms with Crippen LogP contribution < -0.4 is 5.11 Å². The van der Waals surface area contributed by atoms with Crippen molar-refractivity contribution < 1.29 is 38.4 Å². The van der Waals surface area contributed by atoms with Crippen LogP contribution in [0.2, 0.25) is 0 Å². The van der Waals surface area contributed by atoms with Gasteiger partial charge in [-0.3, -0.25) is 14.4 Å². The Morgan fingerprint density at radius 1 is 0.955 bits per heavy atom. The minimum absolute atomic E-state index is 0.0414. The lowest BCUT2D eigenvalue weighted by Gasteiger charge is -2.55. The third-order valence-electron chi connectivity index (χ3n) is 11.2. The van der Waals surface area contributed by atoms with Gasteiger partial charge in [0.15, 0.2) is 12.3 Å². The van der Waals surface area contributed by atoms with Crippen molar-refractivity contribution in [3.8, 4) is 11.1 Å². The summed E-state index contributed by atoms with van der Waals surface area (Å²) in [4.78, 5) is 54.1. The van der Waals surface area contributed by atoms with Gasteiger partial charge < -0.3 is 33.8 Å². The summed E-state index contributed by atoms with van der Waals surface area (Å²) in [7, 11) is 3.63. The Hall–Kier alpha value is -3.86. The number of aliphatic hydroxyl groups is 1. The SMILES string of the molecule is C[C@@H](O)[C@H]1C(=O)N2C(C(=O)[O-])=C(c3ccc4c(c3)-c3ccc(C[N+]56CC[N+](CC(=O)N(C)C)(CC5)CC6)cc3C4=O)[C@H](C)[C@H]12. The maximum Gasteiger partial charge on any atom is 0.277 e. The molecule has 44 heavy (non-hydrogen) atoms. The molecule has 2 aromatic rings. The van der Waals surface area contributed by atoms with Crippen LogP contribution in [0.1, 0.15) is 40.9 Å². The van der Waals surface area contributed by atoms with Crippen LogP contribution in [0.4, 0.5) is 0 Å². The molecule has 0 saturated carbocycles. The minimum Gasteiger partial charge on any atom is -0.543 e. The number of likely N-dealkylation sites (N-methyl/N-ethyl adjacent to an activating group) is 1. The number of aliphatic carboxylic acids is 1. The summed E-state index contributed by atoms with van der Waals surface area (Å²) in [5.41, 5.74) is 4.94. The normalized spacial score (nSPS) is 30.6. The lowest BCUT2D eigenvalue weighted by molar-refractivity contribution is -1.08. The fourth-order valence-electron chi connectivity index (χ4n) is 8.57. The smallest absolute Gasteiger partial charge is 0.277 e. The number of hydrogen-bond donors (Lipinski definition) is 1. The Morgan fingerprint density at radius 2 is 1.59 bits per heavy atom. The van der Waals surface area contributed by atoms with E-state index in [0.29, 0.717) is 28.8 Å². The van der Waals surface area contributed by atoms with Crippen molar-refractivity contribution in [3.05, 3.63) is 64.3 Å². The molecule has 1 aliphatic carbocycles. The van der Waals surface area contributed by atoms with E-state index in [0.717, 1.165) is 71.5 Å². The van der Waals surface area contributed by atoms with Crippen LogP contribution in [0.25, 0.3) is 16.7 Å². The number of hydrogen-bond acceptors (Lipinski definition) is 6. The zero-order valence-corrected chi connectivity index (χ0v) is 25.7. The first-order valence-corrected chi connectivity index (χ1v) is 15.5. The van der Waals surface area contributed by atoms with Gasteiger partial charge in [0.25, 0.3) is 5.91 Å². The Labute approximate surface area is 256 Å². The van der Waals surface area contributed by atoms with Gasteiger partial charge in [0.2, 0.25) is 5.91 Å². The molecule has 2 amide bonds. The van der Waals surface area contributed by atoms with Gasteiger partial charge in [0, 0.05) is 36.7 Å². The van der Waals surface area contributed by atoms with Crippen LogP contribution in [0.3, 0.4) is 0 Å². The van der Waals surface area contributed by atoms with E-state index in [-0.39, 0.29) is 23.3 Å².